The van der Waals surface area contributed by atoms with Crippen molar-refractivity contribution in [3.63, 3.8) is 0 Å². The standard InChI is InChI=1S/C35H34N6O2/c42-34(40-33(21-30-22-37-23-39-30)35(43)38-16-18-41-17-15-36-24-41)29(19-27-11-5-9-25-7-1-3-13-31(25)27)20-28-12-6-10-26-8-2-4-14-32(26)28/h1-15,17,22-24,29,33H,16,18-21H2,(H,37,39)(H,38,43)(H,40,42)/t33-/m0/s1. The lowest BCUT2D eigenvalue weighted by molar-refractivity contribution is -0.131. The number of benzene rings is 4. The van der Waals surface area contributed by atoms with Crippen molar-refractivity contribution >= 4 is 33.4 Å². The first-order valence-electron chi connectivity index (χ1n) is 14.6. The fourth-order valence-corrected chi connectivity index (χ4v) is 5.69. The zero-order valence-electron chi connectivity index (χ0n) is 23.8. The number of nitrogens with zero attached hydrogens (tertiary/aromatic N) is 3. The summed E-state index contributed by atoms with van der Waals surface area (Å²) < 4.78 is 1.89. The summed E-state index contributed by atoms with van der Waals surface area (Å²) in [4.78, 5) is 38.9. The van der Waals surface area contributed by atoms with Gasteiger partial charge in [0, 0.05) is 44.0 Å². The van der Waals surface area contributed by atoms with Crippen LogP contribution in [0.25, 0.3) is 21.5 Å². The molecule has 3 N–H and O–H groups in total. The number of nitrogens with one attached hydrogen (secondary N) is 3. The molecule has 8 heteroatoms. The van der Waals surface area contributed by atoms with Gasteiger partial charge in [-0.3, -0.25) is 9.59 Å². The highest BCUT2D eigenvalue weighted by atomic mass is 16.2. The van der Waals surface area contributed by atoms with Gasteiger partial charge in [-0.2, -0.15) is 0 Å². The van der Waals surface area contributed by atoms with Crippen molar-refractivity contribution in [3.05, 3.63) is 133 Å². The third-order valence-electron chi connectivity index (χ3n) is 7.89. The third-order valence-corrected chi connectivity index (χ3v) is 7.89. The Morgan fingerprint density at radius 2 is 1.44 bits per heavy atom. The molecule has 216 valence electrons. The maximum absolute atomic E-state index is 14.2. The number of aromatic nitrogens is 4. The van der Waals surface area contributed by atoms with Crippen LogP contribution in [0.15, 0.2) is 116 Å². The summed E-state index contributed by atoms with van der Waals surface area (Å²) in [7, 11) is 0. The van der Waals surface area contributed by atoms with Crippen LogP contribution in [0.3, 0.4) is 0 Å². The summed E-state index contributed by atoms with van der Waals surface area (Å²) >= 11 is 0. The van der Waals surface area contributed by atoms with E-state index in [0.717, 1.165) is 32.7 Å². The van der Waals surface area contributed by atoms with E-state index < -0.39 is 12.0 Å². The second-order valence-electron chi connectivity index (χ2n) is 10.8. The van der Waals surface area contributed by atoms with Crippen LogP contribution in [0.1, 0.15) is 16.8 Å². The van der Waals surface area contributed by atoms with Crippen LogP contribution < -0.4 is 10.6 Å². The molecule has 43 heavy (non-hydrogen) atoms. The van der Waals surface area contributed by atoms with E-state index in [1.54, 1.807) is 25.0 Å². The summed E-state index contributed by atoms with van der Waals surface area (Å²) in [5, 5.41) is 10.6. The minimum atomic E-state index is -0.777. The molecular formula is C35H34N6O2. The van der Waals surface area contributed by atoms with Crippen molar-refractivity contribution in [2.24, 2.45) is 5.92 Å². The van der Waals surface area contributed by atoms with Crippen molar-refractivity contribution < 1.29 is 9.59 Å². The topological polar surface area (TPSA) is 105 Å². The number of hydrogen-bond donors (Lipinski definition) is 3. The van der Waals surface area contributed by atoms with Gasteiger partial charge in [-0.25, -0.2) is 9.97 Å². The van der Waals surface area contributed by atoms with E-state index >= 15 is 0 Å². The molecule has 0 saturated carbocycles. The van der Waals surface area contributed by atoms with Crippen molar-refractivity contribution in [2.75, 3.05) is 6.54 Å². The maximum Gasteiger partial charge on any atom is 0.243 e. The average molecular weight is 571 g/mol. The monoisotopic (exact) mass is 570 g/mol. The Morgan fingerprint density at radius 3 is 2.05 bits per heavy atom. The van der Waals surface area contributed by atoms with Crippen LogP contribution in [0.4, 0.5) is 0 Å². The average Bonchev–Trinajstić information content (AvgIpc) is 3.75. The molecule has 6 rings (SSSR count). The minimum Gasteiger partial charge on any atom is -0.353 e. The number of amides is 2. The van der Waals surface area contributed by atoms with Crippen molar-refractivity contribution in [1.29, 1.82) is 0 Å². The Labute approximate surface area is 250 Å². The van der Waals surface area contributed by atoms with Gasteiger partial charge in [0.1, 0.15) is 6.04 Å². The Morgan fingerprint density at radius 1 is 0.791 bits per heavy atom. The zero-order valence-corrected chi connectivity index (χ0v) is 23.8. The van der Waals surface area contributed by atoms with Gasteiger partial charge in [-0.15, -0.1) is 0 Å². The number of fused-ring (bicyclic) bond motifs is 2. The van der Waals surface area contributed by atoms with Crippen molar-refractivity contribution in [2.45, 2.75) is 31.8 Å². The van der Waals surface area contributed by atoms with Gasteiger partial charge in [-0.05, 0) is 45.5 Å². The summed E-state index contributed by atoms with van der Waals surface area (Å²) in [6.45, 7) is 0.997. The summed E-state index contributed by atoms with van der Waals surface area (Å²) in [6.07, 6.45) is 9.94. The van der Waals surface area contributed by atoms with Crippen molar-refractivity contribution in [1.82, 2.24) is 30.2 Å². The molecule has 0 spiro atoms. The molecular weight excluding hydrogens is 536 g/mol. The SMILES string of the molecule is O=C(N[C@@H](Cc1c[nH]cn1)C(=O)NCCn1ccnc1)C(Cc1cccc2ccccc12)Cc1cccc2ccccc12. The van der Waals surface area contributed by atoms with Gasteiger partial charge in [0.2, 0.25) is 11.8 Å². The Hall–Kier alpha value is -5.24. The molecule has 4 aromatic carbocycles. The Kier molecular flexibility index (Phi) is 8.54. The van der Waals surface area contributed by atoms with Gasteiger partial charge in [0.15, 0.2) is 0 Å². The molecule has 2 aromatic heterocycles. The summed E-state index contributed by atoms with van der Waals surface area (Å²) in [6, 6.07) is 28.2. The molecule has 8 nitrogen and oxygen atoms in total. The number of rotatable bonds is 12. The lowest BCUT2D eigenvalue weighted by Gasteiger charge is -2.23. The molecule has 2 amide bonds. The molecule has 0 aliphatic heterocycles. The normalized spacial score (nSPS) is 12.0. The van der Waals surface area contributed by atoms with Crippen LogP contribution in [-0.2, 0) is 35.4 Å². The van der Waals surface area contributed by atoms with E-state index in [4.69, 9.17) is 0 Å². The lowest BCUT2D eigenvalue weighted by Crippen LogP contribution is -2.50. The predicted octanol–water partition coefficient (Wildman–Crippen LogP) is 4.86. The first kappa shape index (κ1) is 27.9. The molecule has 0 bridgehead atoms. The van der Waals surface area contributed by atoms with Crippen LogP contribution in [0, 0.1) is 5.92 Å². The van der Waals surface area contributed by atoms with Crippen LogP contribution in [-0.4, -0.2) is 43.9 Å². The van der Waals surface area contributed by atoms with E-state index in [1.807, 2.05) is 47.2 Å². The van der Waals surface area contributed by atoms with Crippen LogP contribution >= 0.6 is 0 Å². The molecule has 1 atom stereocenters. The van der Waals surface area contributed by atoms with Crippen molar-refractivity contribution in [3.8, 4) is 0 Å². The first-order chi connectivity index (χ1) is 21.1. The third kappa shape index (κ3) is 6.81. The number of hydrogen-bond acceptors (Lipinski definition) is 4. The van der Waals surface area contributed by atoms with Gasteiger partial charge < -0.3 is 20.2 Å². The Balaban J connectivity index is 1.27. The van der Waals surface area contributed by atoms with Gasteiger partial charge in [0.05, 0.1) is 18.3 Å². The minimum absolute atomic E-state index is 0.161. The summed E-state index contributed by atoms with van der Waals surface area (Å²) in [5.41, 5.74) is 2.91. The van der Waals surface area contributed by atoms with Gasteiger partial charge in [0.25, 0.3) is 0 Å². The maximum atomic E-state index is 14.2. The molecule has 0 aliphatic rings. The molecule has 6 aromatic rings. The number of carbonyl (C=O) groups excluding carboxylic acids is 2. The number of imidazole rings is 2. The number of H-pyrrole nitrogens is 1. The highest BCUT2D eigenvalue weighted by molar-refractivity contribution is 5.91. The van der Waals surface area contributed by atoms with E-state index in [9.17, 15) is 9.59 Å². The largest absolute Gasteiger partial charge is 0.353 e. The lowest BCUT2D eigenvalue weighted by atomic mass is 9.87. The molecule has 0 fully saturated rings. The van der Waals surface area contributed by atoms with Gasteiger partial charge in [-0.1, -0.05) is 84.9 Å². The van der Waals surface area contributed by atoms with E-state index in [-0.39, 0.29) is 18.2 Å². The second kappa shape index (κ2) is 13.2. The van der Waals surface area contributed by atoms with Gasteiger partial charge >= 0.3 is 0 Å². The van der Waals surface area contributed by atoms with Crippen LogP contribution in [0.5, 0.6) is 0 Å². The predicted molar refractivity (Wildman–Crippen MR) is 168 cm³/mol. The van der Waals surface area contributed by atoms with E-state index in [2.05, 4.69) is 74.1 Å². The molecule has 2 heterocycles. The fraction of sp³-hybridized carbons (Fsp3) is 0.200. The Bertz CT molecular complexity index is 1720. The highest BCUT2D eigenvalue weighted by Crippen LogP contribution is 2.26. The quantitative estimate of drug-likeness (QED) is 0.196. The summed E-state index contributed by atoms with van der Waals surface area (Å²) in [5.74, 6) is -0.811. The molecule has 0 aliphatic carbocycles. The van der Waals surface area contributed by atoms with Crippen LogP contribution in [0.2, 0.25) is 0 Å². The molecule has 0 saturated heterocycles. The van der Waals surface area contributed by atoms with E-state index in [1.165, 1.54) is 0 Å². The molecule has 0 radical (unpaired) electrons. The number of carbonyl (C=O) groups is 2. The highest BCUT2D eigenvalue weighted by Gasteiger charge is 2.27. The zero-order chi connectivity index (χ0) is 29.4. The smallest absolute Gasteiger partial charge is 0.243 e. The number of aromatic amines is 1. The molecule has 0 unspecified atom stereocenters. The first-order valence-corrected chi connectivity index (χ1v) is 14.6. The fourth-order valence-electron chi connectivity index (χ4n) is 5.69. The second-order valence-corrected chi connectivity index (χ2v) is 10.8. The van der Waals surface area contributed by atoms with E-state index in [0.29, 0.717) is 31.6 Å².